The van der Waals surface area contributed by atoms with E-state index in [1.807, 2.05) is 6.92 Å². The Hall–Kier alpha value is -2.73. The first-order chi connectivity index (χ1) is 12.5. The molecule has 6 nitrogen and oxygen atoms in total. The predicted octanol–water partition coefficient (Wildman–Crippen LogP) is 3.22. The Labute approximate surface area is 157 Å². The summed E-state index contributed by atoms with van der Waals surface area (Å²) < 4.78 is 15.7. The molecule has 0 atom stereocenters. The molecule has 138 valence electrons. The molecule has 0 aliphatic carbocycles. The molecule has 0 aliphatic rings. The van der Waals surface area contributed by atoms with Crippen LogP contribution in [0.4, 0.5) is 0 Å². The van der Waals surface area contributed by atoms with E-state index in [0.717, 1.165) is 0 Å². The van der Waals surface area contributed by atoms with E-state index in [1.165, 1.54) is 7.11 Å². The van der Waals surface area contributed by atoms with E-state index < -0.39 is 5.97 Å². The largest absolute Gasteiger partial charge is 0.496 e. The fourth-order valence-corrected chi connectivity index (χ4v) is 2.39. The van der Waals surface area contributed by atoms with Crippen molar-refractivity contribution in [1.29, 1.82) is 0 Å². The third kappa shape index (κ3) is 5.67. The van der Waals surface area contributed by atoms with Gasteiger partial charge in [-0.2, -0.15) is 0 Å². The molecule has 2 aromatic rings. The van der Waals surface area contributed by atoms with Crippen molar-refractivity contribution in [3.05, 3.63) is 58.6 Å². The van der Waals surface area contributed by atoms with Crippen LogP contribution in [0.1, 0.15) is 22.8 Å². The highest BCUT2D eigenvalue weighted by Crippen LogP contribution is 2.23. The second-order valence-corrected chi connectivity index (χ2v) is 5.69. The van der Waals surface area contributed by atoms with Gasteiger partial charge in [0.2, 0.25) is 0 Å². The molecule has 2 rings (SSSR count). The Morgan fingerprint density at radius 2 is 1.85 bits per heavy atom. The van der Waals surface area contributed by atoms with Gasteiger partial charge in [-0.25, -0.2) is 0 Å². The van der Waals surface area contributed by atoms with Crippen molar-refractivity contribution in [3.63, 3.8) is 0 Å². The minimum Gasteiger partial charge on any atom is -0.496 e. The third-order valence-electron chi connectivity index (χ3n) is 3.45. The van der Waals surface area contributed by atoms with Crippen molar-refractivity contribution in [2.24, 2.45) is 0 Å². The van der Waals surface area contributed by atoms with Crippen LogP contribution in [-0.2, 0) is 16.1 Å². The highest BCUT2D eigenvalue weighted by atomic mass is 35.5. The SMILES string of the molecule is CCOc1ccc(C(=O)NCC(=O)OCc2cc(Cl)ccc2OC)cc1. The summed E-state index contributed by atoms with van der Waals surface area (Å²) in [5, 5.41) is 3.03. The molecule has 7 heteroatoms. The van der Waals surface area contributed by atoms with Gasteiger partial charge >= 0.3 is 5.97 Å². The van der Waals surface area contributed by atoms with Gasteiger partial charge in [-0.05, 0) is 49.4 Å². The van der Waals surface area contributed by atoms with Gasteiger partial charge in [0.05, 0.1) is 13.7 Å². The number of amides is 1. The average molecular weight is 378 g/mol. The number of nitrogens with one attached hydrogen (secondary N) is 1. The maximum Gasteiger partial charge on any atom is 0.325 e. The lowest BCUT2D eigenvalue weighted by Gasteiger charge is -2.10. The number of hydrogen-bond acceptors (Lipinski definition) is 5. The summed E-state index contributed by atoms with van der Waals surface area (Å²) in [5.41, 5.74) is 1.07. The maximum absolute atomic E-state index is 12.0. The number of methoxy groups -OCH3 is 1. The number of carbonyl (C=O) groups excluding carboxylic acids is 2. The van der Waals surface area contributed by atoms with Crippen LogP contribution in [0.2, 0.25) is 5.02 Å². The second-order valence-electron chi connectivity index (χ2n) is 5.26. The molecule has 0 saturated carbocycles. The van der Waals surface area contributed by atoms with Crippen LogP contribution >= 0.6 is 11.6 Å². The maximum atomic E-state index is 12.0. The van der Waals surface area contributed by atoms with Gasteiger partial charge in [0.15, 0.2) is 0 Å². The van der Waals surface area contributed by atoms with Gasteiger partial charge in [0.1, 0.15) is 24.7 Å². The van der Waals surface area contributed by atoms with Gasteiger partial charge in [-0.1, -0.05) is 11.6 Å². The highest BCUT2D eigenvalue weighted by Gasteiger charge is 2.11. The zero-order chi connectivity index (χ0) is 18.9. The number of carbonyl (C=O) groups is 2. The molecule has 0 saturated heterocycles. The first-order valence-electron chi connectivity index (χ1n) is 8.02. The molecule has 0 fully saturated rings. The molecule has 0 spiro atoms. The van der Waals surface area contributed by atoms with E-state index in [-0.39, 0.29) is 19.1 Å². The molecule has 0 bridgehead atoms. The van der Waals surface area contributed by atoms with Gasteiger partial charge in [0, 0.05) is 16.1 Å². The van der Waals surface area contributed by atoms with E-state index in [4.69, 9.17) is 25.8 Å². The Bertz CT molecular complexity index is 761. The summed E-state index contributed by atoms with van der Waals surface area (Å²) in [7, 11) is 1.52. The molecular weight excluding hydrogens is 358 g/mol. The first kappa shape index (κ1) is 19.6. The van der Waals surface area contributed by atoms with Crippen LogP contribution in [0.5, 0.6) is 11.5 Å². The van der Waals surface area contributed by atoms with Crippen molar-refractivity contribution >= 4 is 23.5 Å². The van der Waals surface area contributed by atoms with Crippen molar-refractivity contribution in [1.82, 2.24) is 5.32 Å². The Morgan fingerprint density at radius 3 is 2.50 bits per heavy atom. The van der Waals surface area contributed by atoms with Crippen LogP contribution in [0.3, 0.4) is 0 Å². The quantitative estimate of drug-likeness (QED) is 0.715. The lowest BCUT2D eigenvalue weighted by Crippen LogP contribution is -2.30. The molecule has 2 aromatic carbocycles. The zero-order valence-corrected chi connectivity index (χ0v) is 15.3. The molecule has 0 radical (unpaired) electrons. The number of ether oxygens (including phenoxy) is 3. The summed E-state index contributed by atoms with van der Waals surface area (Å²) in [6.07, 6.45) is 0. The summed E-state index contributed by atoms with van der Waals surface area (Å²) in [4.78, 5) is 23.9. The normalized spacial score (nSPS) is 10.1. The van der Waals surface area contributed by atoms with Gasteiger partial charge in [-0.3, -0.25) is 9.59 Å². The molecule has 0 aromatic heterocycles. The van der Waals surface area contributed by atoms with Crippen LogP contribution in [0.15, 0.2) is 42.5 Å². The van der Waals surface area contributed by atoms with Crippen LogP contribution in [-0.4, -0.2) is 32.1 Å². The lowest BCUT2D eigenvalue weighted by molar-refractivity contribution is -0.143. The predicted molar refractivity (Wildman–Crippen MR) is 97.7 cm³/mol. The van der Waals surface area contributed by atoms with Gasteiger partial charge in [-0.15, -0.1) is 0 Å². The van der Waals surface area contributed by atoms with E-state index in [1.54, 1.807) is 42.5 Å². The molecule has 0 unspecified atom stereocenters. The number of esters is 1. The second kappa shape index (κ2) is 9.68. The van der Waals surface area contributed by atoms with Crippen molar-refractivity contribution < 1.29 is 23.8 Å². The third-order valence-corrected chi connectivity index (χ3v) is 3.69. The minimum atomic E-state index is -0.564. The summed E-state index contributed by atoms with van der Waals surface area (Å²) in [6.45, 7) is 2.19. The number of rotatable bonds is 8. The molecule has 26 heavy (non-hydrogen) atoms. The van der Waals surface area contributed by atoms with Crippen LogP contribution in [0, 0.1) is 0 Å². The lowest BCUT2D eigenvalue weighted by atomic mass is 10.2. The van der Waals surface area contributed by atoms with Crippen LogP contribution in [0.25, 0.3) is 0 Å². The Morgan fingerprint density at radius 1 is 1.12 bits per heavy atom. The van der Waals surface area contributed by atoms with E-state index in [2.05, 4.69) is 5.32 Å². The molecule has 0 heterocycles. The topological polar surface area (TPSA) is 73.9 Å². The Balaban J connectivity index is 1.83. The summed E-state index contributed by atoms with van der Waals surface area (Å²) in [6, 6.07) is 11.7. The van der Waals surface area contributed by atoms with Gasteiger partial charge in [0.25, 0.3) is 5.91 Å². The minimum absolute atomic E-state index is 0.00148. The molecule has 1 amide bonds. The van der Waals surface area contributed by atoms with Crippen molar-refractivity contribution in [2.75, 3.05) is 20.3 Å². The molecular formula is C19H20ClNO5. The number of benzene rings is 2. The van der Waals surface area contributed by atoms with Crippen molar-refractivity contribution in [2.45, 2.75) is 13.5 Å². The zero-order valence-electron chi connectivity index (χ0n) is 14.6. The number of hydrogen-bond donors (Lipinski definition) is 1. The van der Waals surface area contributed by atoms with Crippen molar-refractivity contribution in [3.8, 4) is 11.5 Å². The van der Waals surface area contributed by atoms with Crippen LogP contribution < -0.4 is 14.8 Å². The summed E-state index contributed by atoms with van der Waals surface area (Å²) >= 11 is 5.93. The standard InChI is InChI=1S/C19H20ClNO5/c1-3-25-16-7-4-13(5-8-16)19(23)21-11-18(22)26-12-14-10-15(20)6-9-17(14)24-2/h4-10H,3,11-12H2,1-2H3,(H,21,23). The average Bonchev–Trinajstić information content (AvgIpc) is 2.65. The monoisotopic (exact) mass is 377 g/mol. The summed E-state index contributed by atoms with van der Waals surface area (Å²) in [5.74, 6) is 0.316. The number of halogens is 1. The smallest absolute Gasteiger partial charge is 0.325 e. The molecule has 1 N–H and O–H groups in total. The first-order valence-corrected chi connectivity index (χ1v) is 8.40. The van der Waals surface area contributed by atoms with Gasteiger partial charge < -0.3 is 19.5 Å². The fourth-order valence-electron chi connectivity index (χ4n) is 2.19. The fraction of sp³-hybridized carbons (Fsp3) is 0.263. The Kier molecular flexibility index (Phi) is 7.29. The van der Waals surface area contributed by atoms with E-state index >= 15 is 0 Å². The molecule has 0 aliphatic heterocycles. The van der Waals surface area contributed by atoms with E-state index in [9.17, 15) is 9.59 Å². The van der Waals surface area contributed by atoms with E-state index in [0.29, 0.717) is 34.3 Å². The highest BCUT2D eigenvalue weighted by molar-refractivity contribution is 6.30.